The number of aromatic carboxylic acids is 1. The molecule has 0 saturated heterocycles. The number of benzene rings is 2. The maximum Gasteiger partial charge on any atom is 0.452 e. The first-order chi connectivity index (χ1) is 23.5. The molecule has 2 N–H and O–H groups in total. The van der Waals surface area contributed by atoms with Crippen molar-refractivity contribution < 1.29 is 54.6 Å². The van der Waals surface area contributed by atoms with E-state index in [1.165, 1.54) is 42.6 Å². The molecule has 1 amide bonds. The smallest absolute Gasteiger partial charge is 0.452 e. The molecule has 3 heterocycles. The summed E-state index contributed by atoms with van der Waals surface area (Å²) in [6, 6.07) is 15.1. The molecule has 3 aromatic heterocycles. The number of rotatable bonds is 9. The van der Waals surface area contributed by atoms with Gasteiger partial charge < -0.3 is 28.9 Å². The summed E-state index contributed by atoms with van der Waals surface area (Å²) in [5, 5.41) is 11.3. The molecule has 0 saturated carbocycles. The van der Waals surface area contributed by atoms with Gasteiger partial charge in [-0.1, -0.05) is 47.5 Å². The maximum absolute atomic E-state index is 13.4. The van der Waals surface area contributed by atoms with Crippen LogP contribution in [-0.4, -0.2) is 59.2 Å². The molecule has 0 aliphatic rings. The summed E-state index contributed by atoms with van der Waals surface area (Å²) in [5.74, 6) is -6.37. The van der Waals surface area contributed by atoms with Crippen molar-refractivity contribution in [3.8, 4) is 22.9 Å². The molecule has 11 nitrogen and oxygen atoms in total. The van der Waals surface area contributed by atoms with E-state index in [2.05, 4.69) is 24.7 Å². The van der Waals surface area contributed by atoms with Crippen molar-refractivity contribution in [1.82, 2.24) is 15.0 Å². The lowest BCUT2D eigenvalue weighted by Gasteiger charge is -2.17. The number of anilines is 2. The average Bonchev–Trinajstić information content (AvgIpc) is 3.72. The van der Waals surface area contributed by atoms with Gasteiger partial charge in [0.1, 0.15) is 5.82 Å². The van der Waals surface area contributed by atoms with Crippen LogP contribution >= 0.6 is 23.2 Å². The van der Waals surface area contributed by atoms with Crippen LogP contribution < -0.4 is 10.2 Å². The van der Waals surface area contributed by atoms with E-state index in [0.717, 1.165) is 0 Å². The number of aromatic nitrogens is 3. The Morgan fingerprint density at radius 1 is 0.840 bits per heavy atom. The summed E-state index contributed by atoms with van der Waals surface area (Å²) >= 11 is 11.8. The number of amides is 1. The van der Waals surface area contributed by atoms with Crippen LogP contribution in [0.15, 0.2) is 75.7 Å². The number of likely N-dealkylation sites (N-methyl/N-ethyl adjacent to an activating group) is 1. The minimum Gasteiger partial charge on any atom is -0.476 e. The number of halogens is 8. The molecule has 264 valence electrons. The maximum atomic E-state index is 13.4. The molecule has 19 heteroatoms. The Bertz CT molecular complexity index is 1960. The summed E-state index contributed by atoms with van der Waals surface area (Å²) < 4.78 is 92.5. The van der Waals surface area contributed by atoms with E-state index in [4.69, 9.17) is 37.5 Å². The second kappa shape index (κ2) is 15.6. The molecule has 2 aromatic carbocycles. The minimum absolute atomic E-state index is 0.0853. The fourth-order valence-electron chi connectivity index (χ4n) is 4.04. The molecular weight excluding hydrogens is 723 g/mol. The predicted octanol–water partition coefficient (Wildman–Crippen LogP) is 8.46. The lowest BCUT2D eigenvalue weighted by atomic mass is 10.2. The Morgan fingerprint density at radius 3 is 1.76 bits per heavy atom. The number of hydrogen-bond acceptors (Lipinski definition) is 9. The molecule has 0 atom stereocenters. The van der Waals surface area contributed by atoms with Crippen LogP contribution in [-0.2, 0) is 17.1 Å². The molecule has 5 rings (SSSR count). The standard InChI is InChI=1S/C20H18ClF3N4O3.C11H5ClF3NO3/c1-28(9-10-30-2)15-8-7-12(11-25-15)26-18(29)16-17(20(22,23)24)31-19(27-16)13-5-3-4-6-14(13)21;12-6-4-2-1-3-5(6)9-16-7(10(17)18)8(19-9)11(13,14)15/h3-8,11H,9-10H2,1-2H3,(H,26,29);1-4H,(H,17,18). The van der Waals surface area contributed by atoms with Crippen LogP contribution in [0.3, 0.4) is 0 Å². The second-order valence-electron chi connectivity index (χ2n) is 9.93. The Morgan fingerprint density at radius 2 is 1.34 bits per heavy atom. The third-order valence-corrected chi connectivity index (χ3v) is 7.08. The van der Waals surface area contributed by atoms with Crippen LogP contribution in [0.25, 0.3) is 22.9 Å². The first-order valence-corrected chi connectivity index (χ1v) is 14.6. The molecule has 50 heavy (non-hydrogen) atoms. The van der Waals surface area contributed by atoms with Gasteiger partial charge in [-0.3, -0.25) is 4.79 Å². The number of hydrogen-bond donors (Lipinski definition) is 2. The van der Waals surface area contributed by atoms with Crippen molar-refractivity contribution in [3.05, 3.63) is 99.8 Å². The number of carbonyl (C=O) groups is 2. The first-order valence-electron chi connectivity index (χ1n) is 13.9. The summed E-state index contributed by atoms with van der Waals surface area (Å²) in [5.41, 5.74) is -1.67. The quantitative estimate of drug-likeness (QED) is 0.141. The Labute approximate surface area is 288 Å². The van der Waals surface area contributed by atoms with Gasteiger partial charge in [0.25, 0.3) is 5.91 Å². The lowest BCUT2D eigenvalue weighted by molar-refractivity contribution is -0.153. The van der Waals surface area contributed by atoms with Gasteiger partial charge in [0, 0.05) is 20.7 Å². The van der Waals surface area contributed by atoms with Crippen molar-refractivity contribution in [2.45, 2.75) is 12.4 Å². The highest BCUT2D eigenvalue weighted by Gasteiger charge is 2.43. The van der Waals surface area contributed by atoms with Crippen molar-refractivity contribution in [2.75, 3.05) is 37.5 Å². The van der Waals surface area contributed by atoms with E-state index in [9.17, 15) is 35.9 Å². The zero-order chi connectivity index (χ0) is 36.8. The van der Waals surface area contributed by atoms with E-state index < -0.39 is 58.9 Å². The fourth-order valence-corrected chi connectivity index (χ4v) is 4.48. The molecule has 0 aliphatic carbocycles. The van der Waals surface area contributed by atoms with Crippen LogP contribution in [0.2, 0.25) is 10.0 Å². The van der Waals surface area contributed by atoms with Gasteiger partial charge in [-0.2, -0.15) is 26.3 Å². The van der Waals surface area contributed by atoms with Crippen LogP contribution in [0, 0.1) is 0 Å². The lowest BCUT2D eigenvalue weighted by Crippen LogP contribution is -2.23. The van der Waals surface area contributed by atoms with Gasteiger partial charge in [0.2, 0.25) is 23.3 Å². The van der Waals surface area contributed by atoms with Gasteiger partial charge in [-0.25, -0.2) is 19.7 Å². The summed E-state index contributed by atoms with van der Waals surface area (Å²) in [6.07, 6.45) is -8.54. The Hall–Kier alpha value is -5.13. The number of nitrogens with zero attached hydrogens (tertiary/aromatic N) is 4. The zero-order valence-corrected chi connectivity index (χ0v) is 27.1. The molecule has 0 fully saturated rings. The van der Waals surface area contributed by atoms with Gasteiger partial charge in [-0.15, -0.1) is 0 Å². The van der Waals surface area contributed by atoms with Crippen LogP contribution in [0.4, 0.5) is 37.8 Å². The number of pyridine rings is 1. The second-order valence-corrected chi connectivity index (χ2v) is 10.7. The van der Waals surface area contributed by atoms with Gasteiger partial charge in [0.15, 0.2) is 11.4 Å². The Kier molecular flexibility index (Phi) is 11.8. The topological polar surface area (TPSA) is 144 Å². The summed E-state index contributed by atoms with van der Waals surface area (Å²) in [4.78, 5) is 36.4. The highest BCUT2D eigenvalue weighted by molar-refractivity contribution is 6.33. The van der Waals surface area contributed by atoms with Crippen molar-refractivity contribution >= 4 is 46.6 Å². The number of carboxylic acid groups (broad SMARTS) is 1. The summed E-state index contributed by atoms with van der Waals surface area (Å²) in [6.45, 7) is 1.09. The van der Waals surface area contributed by atoms with E-state index in [1.54, 1.807) is 38.4 Å². The molecule has 0 aliphatic heterocycles. The van der Waals surface area contributed by atoms with Crippen molar-refractivity contribution in [1.29, 1.82) is 0 Å². The third kappa shape index (κ3) is 9.10. The van der Waals surface area contributed by atoms with E-state index in [-0.39, 0.29) is 26.9 Å². The average molecular weight is 746 g/mol. The third-order valence-electron chi connectivity index (χ3n) is 6.42. The highest BCUT2D eigenvalue weighted by Crippen LogP contribution is 2.38. The van der Waals surface area contributed by atoms with Crippen molar-refractivity contribution in [3.63, 3.8) is 0 Å². The van der Waals surface area contributed by atoms with E-state index >= 15 is 0 Å². The van der Waals surface area contributed by atoms with Gasteiger partial charge >= 0.3 is 18.3 Å². The SMILES string of the molecule is COCCN(C)c1ccc(NC(=O)c2nc(-c3ccccc3Cl)oc2C(F)(F)F)cn1.O=C(O)c1nc(-c2ccccc2Cl)oc1C(F)(F)F. The van der Waals surface area contributed by atoms with Crippen LogP contribution in [0.5, 0.6) is 0 Å². The van der Waals surface area contributed by atoms with E-state index in [1.807, 2.05) is 4.90 Å². The van der Waals surface area contributed by atoms with Crippen molar-refractivity contribution in [2.24, 2.45) is 0 Å². The number of alkyl halides is 6. The number of oxazole rings is 2. The number of methoxy groups -OCH3 is 1. The van der Waals surface area contributed by atoms with Gasteiger partial charge in [0.05, 0.1) is 39.7 Å². The highest BCUT2D eigenvalue weighted by atomic mass is 35.5. The first kappa shape index (κ1) is 37.7. The normalized spacial score (nSPS) is 11.5. The van der Waals surface area contributed by atoms with Gasteiger partial charge in [-0.05, 0) is 36.4 Å². The van der Waals surface area contributed by atoms with E-state index in [0.29, 0.717) is 19.0 Å². The molecule has 0 bridgehead atoms. The molecule has 0 unspecified atom stereocenters. The number of nitrogens with one attached hydrogen (secondary N) is 1. The number of carbonyl (C=O) groups excluding carboxylic acids is 1. The number of carboxylic acids is 1. The summed E-state index contributed by atoms with van der Waals surface area (Å²) in [7, 11) is 3.39. The Balaban J connectivity index is 0.000000252. The predicted molar refractivity (Wildman–Crippen MR) is 168 cm³/mol. The molecular formula is C31H23Cl2F6N5O6. The minimum atomic E-state index is -4.94. The zero-order valence-electron chi connectivity index (χ0n) is 25.6. The molecule has 5 aromatic rings. The number of ether oxygens (including phenoxy) is 1. The van der Waals surface area contributed by atoms with Crippen LogP contribution in [0.1, 0.15) is 32.5 Å². The monoisotopic (exact) mass is 745 g/mol. The fraction of sp³-hybridized carbons (Fsp3) is 0.194. The molecule has 0 spiro atoms. The molecule has 0 radical (unpaired) electrons. The largest absolute Gasteiger partial charge is 0.476 e.